The van der Waals surface area contributed by atoms with Crippen molar-refractivity contribution >= 4 is 17.5 Å². The van der Waals surface area contributed by atoms with Gasteiger partial charge in [-0.15, -0.1) is 0 Å². The van der Waals surface area contributed by atoms with Crippen LogP contribution in [-0.4, -0.2) is 29.8 Å². The van der Waals surface area contributed by atoms with Gasteiger partial charge >= 0.3 is 0 Å². The fourth-order valence-electron chi connectivity index (χ4n) is 2.50. The minimum Gasteiger partial charge on any atom is -0.497 e. The first-order valence-corrected chi connectivity index (χ1v) is 8.25. The summed E-state index contributed by atoms with van der Waals surface area (Å²) in [7, 11) is 1.62. The molecule has 0 atom stereocenters. The van der Waals surface area contributed by atoms with E-state index in [1.165, 1.54) is 6.20 Å². The number of hydrogen-bond acceptors (Lipinski definition) is 3. The molecule has 1 amide bonds. The lowest BCUT2D eigenvalue weighted by molar-refractivity contribution is 0.0955. The number of carbonyl (C=O) groups excluding carboxylic acids is 1. The Morgan fingerprint density at radius 2 is 1.88 bits per heavy atom. The molecule has 0 aliphatic heterocycles. The summed E-state index contributed by atoms with van der Waals surface area (Å²) in [5.41, 5.74) is 3.20. The van der Waals surface area contributed by atoms with E-state index >= 15 is 0 Å². The molecule has 128 valence electrons. The summed E-state index contributed by atoms with van der Waals surface area (Å²) >= 11 is 5.87. The number of carbonyl (C=O) groups is 1. The van der Waals surface area contributed by atoms with Crippen molar-refractivity contribution < 1.29 is 9.53 Å². The van der Waals surface area contributed by atoms with Crippen molar-refractivity contribution in [2.75, 3.05) is 13.7 Å². The van der Waals surface area contributed by atoms with E-state index < -0.39 is 0 Å². The average molecular weight is 356 g/mol. The van der Waals surface area contributed by atoms with Gasteiger partial charge in [0.2, 0.25) is 0 Å². The zero-order valence-electron chi connectivity index (χ0n) is 13.8. The molecule has 2 aromatic carbocycles. The van der Waals surface area contributed by atoms with Crippen LogP contribution in [0.25, 0.3) is 11.3 Å². The van der Waals surface area contributed by atoms with Crippen molar-refractivity contribution in [2.24, 2.45) is 0 Å². The molecule has 0 unspecified atom stereocenters. The van der Waals surface area contributed by atoms with E-state index in [0.29, 0.717) is 22.8 Å². The van der Waals surface area contributed by atoms with Gasteiger partial charge < -0.3 is 10.1 Å². The van der Waals surface area contributed by atoms with Crippen LogP contribution in [0.4, 0.5) is 0 Å². The molecule has 2 N–H and O–H groups in total. The predicted molar refractivity (Wildman–Crippen MR) is 98.1 cm³/mol. The van der Waals surface area contributed by atoms with Crippen molar-refractivity contribution in [1.82, 2.24) is 15.5 Å². The molecule has 1 heterocycles. The molecular formula is C19H18ClN3O2. The molecule has 0 radical (unpaired) electrons. The van der Waals surface area contributed by atoms with Crippen LogP contribution in [0.15, 0.2) is 54.7 Å². The maximum absolute atomic E-state index is 12.5. The van der Waals surface area contributed by atoms with Crippen LogP contribution in [-0.2, 0) is 6.42 Å². The molecule has 5 nitrogen and oxygen atoms in total. The second-order valence-corrected chi connectivity index (χ2v) is 5.96. The van der Waals surface area contributed by atoms with Crippen molar-refractivity contribution in [3.8, 4) is 17.0 Å². The van der Waals surface area contributed by atoms with E-state index in [-0.39, 0.29) is 5.91 Å². The van der Waals surface area contributed by atoms with Crippen molar-refractivity contribution in [1.29, 1.82) is 0 Å². The Labute approximate surface area is 151 Å². The number of hydrogen-bond donors (Lipinski definition) is 2. The number of rotatable bonds is 6. The first kappa shape index (κ1) is 17.0. The Balaban J connectivity index is 1.64. The van der Waals surface area contributed by atoms with Crippen molar-refractivity contribution in [3.63, 3.8) is 0 Å². The van der Waals surface area contributed by atoms with Crippen LogP contribution in [0.2, 0.25) is 5.02 Å². The maximum atomic E-state index is 12.5. The third kappa shape index (κ3) is 4.19. The van der Waals surface area contributed by atoms with Gasteiger partial charge in [-0.2, -0.15) is 5.10 Å². The number of benzene rings is 2. The number of methoxy groups -OCH3 is 1. The molecule has 3 rings (SSSR count). The van der Waals surface area contributed by atoms with Crippen molar-refractivity contribution in [2.45, 2.75) is 6.42 Å². The predicted octanol–water partition coefficient (Wildman–Crippen LogP) is 3.71. The van der Waals surface area contributed by atoms with Gasteiger partial charge in [0.15, 0.2) is 0 Å². The van der Waals surface area contributed by atoms with E-state index in [1.807, 2.05) is 48.5 Å². The first-order chi connectivity index (χ1) is 12.2. The fraction of sp³-hybridized carbons (Fsp3) is 0.158. The number of aromatic nitrogens is 2. The second-order valence-electron chi connectivity index (χ2n) is 5.52. The number of aromatic amines is 1. The lowest BCUT2D eigenvalue weighted by atomic mass is 10.1. The quantitative estimate of drug-likeness (QED) is 0.708. The fourth-order valence-corrected chi connectivity index (χ4v) is 2.63. The van der Waals surface area contributed by atoms with E-state index in [4.69, 9.17) is 16.3 Å². The summed E-state index contributed by atoms with van der Waals surface area (Å²) in [4.78, 5) is 12.5. The van der Waals surface area contributed by atoms with Gasteiger partial charge in [0.05, 0.1) is 24.6 Å². The molecule has 1 aromatic heterocycles. The number of H-pyrrole nitrogens is 1. The molecule has 0 aliphatic rings. The maximum Gasteiger partial charge on any atom is 0.255 e. The smallest absolute Gasteiger partial charge is 0.255 e. The van der Waals surface area contributed by atoms with Crippen LogP contribution in [0.5, 0.6) is 5.75 Å². The third-order valence-corrected chi connectivity index (χ3v) is 4.13. The van der Waals surface area contributed by atoms with Gasteiger partial charge in [0.1, 0.15) is 5.75 Å². The number of halogens is 1. The topological polar surface area (TPSA) is 67.0 Å². The summed E-state index contributed by atoms with van der Waals surface area (Å²) in [6.45, 7) is 0.535. The number of nitrogens with one attached hydrogen (secondary N) is 2. The largest absolute Gasteiger partial charge is 0.497 e. The highest BCUT2D eigenvalue weighted by molar-refractivity contribution is 6.30. The SMILES string of the molecule is COc1ccc(-c2[nH]ncc2C(=O)NCCc2ccc(Cl)cc2)cc1. The van der Waals surface area contributed by atoms with Crippen molar-refractivity contribution in [3.05, 3.63) is 70.9 Å². The third-order valence-electron chi connectivity index (χ3n) is 3.88. The Hall–Kier alpha value is -2.79. The van der Waals surface area contributed by atoms with Crippen LogP contribution in [0, 0.1) is 0 Å². The molecule has 6 heteroatoms. The zero-order chi connectivity index (χ0) is 17.6. The summed E-state index contributed by atoms with van der Waals surface area (Å²) in [6.07, 6.45) is 2.27. The highest BCUT2D eigenvalue weighted by Crippen LogP contribution is 2.23. The first-order valence-electron chi connectivity index (χ1n) is 7.88. The van der Waals surface area contributed by atoms with Crippen LogP contribution >= 0.6 is 11.6 Å². The monoisotopic (exact) mass is 355 g/mol. The van der Waals surface area contributed by atoms with Gasteiger partial charge in [0, 0.05) is 17.1 Å². The molecule has 0 aliphatic carbocycles. The number of ether oxygens (including phenoxy) is 1. The summed E-state index contributed by atoms with van der Waals surface area (Å²) in [5.74, 6) is 0.603. The minimum absolute atomic E-state index is 0.159. The second kappa shape index (κ2) is 7.85. The minimum atomic E-state index is -0.159. The van der Waals surface area contributed by atoms with E-state index in [0.717, 1.165) is 23.3 Å². The molecule has 0 fully saturated rings. The zero-order valence-corrected chi connectivity index (χ0v) is 14.5. The Morgan fingerprint density at radius 3 is 2.56 bits per heavy atom. The lowest BCUT2D eigenvalue weighted by Crippen LogP contribution is -2.25. The Morgan fingerprint density at radius 1 is 1.16 bits per heavy atom. The molecule has 0 spiro atoms. The van der Waals surface area contributed by atoms with Gasteiger partial charge in [-0.3, -0.25) is 9.89 Å². The standard InChI is InChI=1S/C19H18ClN3O2/c1-25-16-8-4-14(5-9-16)18-17(12-22-23-18)19(24)21-11-10-13-2-6-15(20)7-3-13/h2-9,12H,10-11H2,1H3,(H,21,24)(H,22,23). The van der Waals surface area contributed by atoms with Crippen LogP contribution in [0.1, 0.15) is 15.9 Å². The van der Waals surface area contributed by atoms with Gasteiger partial charge in [-0.05, 0) is 48.4 Å². The summed E-state index contributed by atoms with van der Waals surface area (Å²) in [5, 5.41) is 10.5. The molecule has 0 saturated heterocycles. The van der Waals surface area contributed by atoms with E-state index in [2.05, 4.69) is 15.5 Å². The summed E-state index contributed by atoms with van der Waals surface area (Å²) < 4.78 is 5.15. The number of amides is 1. The molecular weight excluding hydrogens is 338 g/mol. The Bertz CT molecular complexity index is 842. The lowest BCUT2D eigenvalue weighted by Gasteiger charge is -2.07. The highest BCUT2D eigenvalue weighted by atomic mass is 35.5. The van der Waals surface area contributed by atoms with Crippen LogP contribution in [0.3, 0.4) is 0 Å². The molecule has 25 heavy (non-hydrogen) atoms. The normalized spacial score (nSPS) is 10.5. The van der Waals surface area contributed by atoms with Crippen LogP contribution < -0.4 is 10.1 Å². The molecule has 0 saturated carbocycles. The Kier molecular flexibility index (Phi) is 5.36. The summed E-state index contributed by atoms with van der Waals surface area (Å²) in [6, 6.07) is 15.1. The van der Waals surface area contributed by atoms with Gasteiger partial charge in [0.25, 0.3) is 5.91 Å². The van der Waals surface area contributed by atoms with Gasteiger partial charge in [-0.1, -0.05) is 23.7 Å². The molecule has 0 bridgehead atoms. The molecule has 3 aromatic rings. The van der Waals surface area contributed by atoms with E-state index in [9.17, 15) is 4.79 Å². The average Bonchev–Trinajstić information content (AvgIpc) is 3.13. The van der Waals surface area contributed by atoms with E-state index in [1.54, 1.807) is 7.11 Å². The number of nitrogens with zero attached hydrogens (tertiary/aromatic N) is 1. The van der Waals surface area contributed by atoms with Gasteiger partial charge in [-0.25, -0.2) is 0 Å². The highest BCUT2D eigenvalue weighted by Gasteiger charge is 2.15.